The molecule has 0 bridgehead atoms. The number of nitrogens with one attached hydrogen (secondary N) is 1. The van der Waals surface area contributed by atoms with Gasteiger partial charge in [-0.1, -0.05) is 5.21 Å². The van der Waals surface area contributed by atoms with E-state index in [1.54, 1.807) is 0 Å². The number of rotatable bonds is 5. The van der Waals surface area contributed by atoms with E-state index in [0.717, 1.165) is 39.3 Å². The van der Waals surface area contributed by atoms with Gasteiger partial charge in [0.05, 0.1) is 17.6 Å². The van der Waals surface area contributed by atoms with Gasteiger partial charge in [-0.2, -0.15) is 0 Å². The molecule has 1 fully saturated rings. The molecule has 0 saturated heterocycles. The van der Waals surface area contributed by atoms with Gasteiger partial charge in [0.2, 0.25) is 0 Å². The fraction of sp³-hybridized carbons (Fsp3) is 0.429. The predicted octanol–water partition coefficient (Wildman–Crippen LogP) is 3.60. The molecule has 106 valence electrons. The Kier molecular flexibility index (Phi) is 4.23. The van der Waals surface area contributed by atoms with Crippen molar-refractivity contribution in [2.75, 3.05) is 6.54 Å². The molecule has 0 amide bonds. The SMILES string of the molecule is Cc1cc(Br)c(-n2cc(CNCC3CC3)nn2)c(Br)c1. The van der Waals surface area contributed by atoms with E-state index in [4.69, 9.17) is 0 Å². The highest BCUT2D eigenvalue weighted by molar-refractivity contribution is 9.11. The van der Waals surface area contributed by atoms with Gasteiger partial charge in [-0.05, 0) is 81.8 Å². The average Bonchev–Trinajstić information content (AvgIpc) is 3.07. The molecule has 1 heterocycles. The van der Waals surface area contributed by atoms with Gasteiger partial charge in [0, 0.05) is 15.5 Å². The highest BCUT2D eigenvalue weighted by Gasteiger charge is 2.20. The maximum absolute atomic E-state index is 4.22. The molecule has 1 saturated carbocycles. The molecule has 1 aromatic carbocycles. The molecule has 20 heavy (non-hydrogen) atoms. The summed E-state index contributed by atoms with van der Waals surface area (Å²) in [5, 5.41) is 11.9. The zero-order valence-corrected chi connectivity index (χ0v) is 14.4. The molecule has 1 aromatic heterocycles. The van der Waals surface area contributed by atoms with Crippen molar-refractivity contribution in [2.24, 2.45) is 5.92 Å². The van der Waals surface area contributed by atoms with E-state index >= 15 is 0 Å². The summed E-state index contributed by atoms with van der Waals surface area (Å²) in [6.07, 6.45) is 4.70. The van der Waals surface area contributed by atoms with Crippen molar-refractivity contribution in [3.63, 3.8) is 0 Å². The van der Waals surface area contributed by atoms with Crippen LogP contribution in [-0.2, 0) is 6.54 Å². The Morgan fingerprint density at radius 3 is 2.65 bits per heavy atom. The van der Waals surface area contributed by atoms with Gasteiger partial charge in [-0.25, -0.2) is 4.68 Å². The zero-order valence-electron chi connectivity index (χ0n) is 11.2. The molecule has 3 rings (SSSR count). The average molecular weight is 400 g/mol. The first-order chi connectivity index (χ1) is 9.63. The van der Waals surface area contributed by atoms with Crippen LogP contribution in [0.15, 0.2) is 27.3 Å². The quantitative estimate of drug-likeness (QED) is 0.835. The van der Waals surface area contributed by atoms with Crippen molar-refractivity contribution in [2.45, 2.75) is 26.3 Å². The van der Waals surface area contributed by atoms with Crippen molar-refractivity contribution in [1.29, 1.82) is 0 Å². The van der Waals surface area contributed by atoms with E-state index in [-0.39, 0.29) is 0 Å². The Balaban J connectivity index is 1.75. The van der Waals surface area contributed by atoms with Crippen molar-refractivity contribution < 1.29 is 0 Å². The minimum Gasteiger partial charge on any atom is -0.311 e. The first kappa shape index (κ1) is 14.2. The van der Waals surface area contributed by atoms with Crippen LogP contribution in [-0.4, -0.2) is 21.5 Å². The number of aryl methyl sites for hydroxylation is 1. The molecule has 1 aliphatic carbocycles. The van der Waals surface area contributed by atoms with E-state index in [1.807, 2.05) is 10.9 Å². The van der Waals surface area contributed by atoms with Gasteiger partial charge in [0.1, 0.15) is 0 Å². The topological polar surface area (TPSA) is 42.7 Å². The van der Waals surface area contributed by atoms with E-state index in [1.165, 1.54) is 18.4 Å². The molecule has 0 unspecified atom stereocenters. The molecule has 0 aliphatic heterocycles. The summed E-state index contributed by atoms with van der Waals surface area (Å²) in [6.45, 7) is 3.93. The molecule has 1 aliphatic rings. The lowest BCUT2D eigenvalue weighted by Gasteiger charge is -2.07. The largest absolute Gasteiger partial charge is 0.311 e. The predicted molar refractivity (Wildman–Crippen MR) is 85.9 cm³/mol. The number of nitrogens with zero attached hydrogens (tertiary/aromatic N) is 3. The molecule has 0 radical (unpaired) electrons. The summed E-state index contributed by atoms with van der Waals surface area (Å²) in [6, 6.07) is 4.15. The maximum atomic E-state index is 4.22. The summed E-state index contributed by atoms with van der Waals surface area (Å²) < 4.78 is 3.82. The second-order valence-electron chi connectivity index (χ2n) is 5.31. The second kappa shape index (κ2) is 5.95. The zero-order chi connectivity index (χ0) is 14.1. The van der Waals surface area contributed by atoms with Crippen LogP contribution in [0.25, 0.3) is 5.69 Å². The monoisotopic (exact) mass is 398 g/mol. The number of aromatic nitrogens is 3. The Morgan fingerprint density at radius 1 is 1.30 bits per heavy atom. The van der Waals surface area contributed by atoms with Crippen LogP contribution in [0.3, 0.4) is 0 Å². The van der Waals surface area contributed by atoms with Gasteiger partial charge in [0.25, 0.3) is 0 Å². The fourth-order valence-electron chi connectivity index (χ4n) is 2.13. The van der Waals surface area contributed by atoms with E-state index in [9.17, 15) is 0 Å². The van der Waals surface area contributed by atoms with Gasteiger partial charge < -0.3 is 5.32 Å². The smallest absolute Gasteiger partial charge is 0.0969 e. The van der Waals surface area contributed by atoms with Crippen molar-refractivity contribution in [3.05, 3.63) is 38.5 Å². The molecule has 0 spiro atoms. The van der Waals surface area contributed by atoms with Crippen molar-refractivity contribution in [1.82, 2.24) is 20.3 Å². The Labute approximate surface area is 135 Å². The Bertz CT molecular complexity index is 596. The Morgan fingerprint density at radius 2 is 2.00 bits per heavy atom. The summed E-state index contributed by atoms with van der Waals surface area (Å²) in [5.41, 5.74) is 3.14. The summed E-state index contributed by atoms with van der Waals surface area (Å²) in [5.74, 6) is 0.880. The lowest BCUT2D eigenvalue weighted by Crippen LogP contribution is -2.16. The lowest BCUT2D eigenvalue weighted by atomic mass is 10.2. The lowest BCUT2D eigenvalue weighted by molar-refractivity contribution is 0.628. The third-order valence-corrected chi connectivity index (χ3v) is 4.58. The minimum absolute atomic E-state index is 0.775. The van der Waals surface area contributed by atoms with Crippen LogP contribution >= 0.6 is 31.9 Å². The molecule has 6 heteroatoms. The molecular weight excluding hydrogens is 384 g/mol. The molecule has 1 N–H and O–H groups in total. The van der Waals surface area contributed by atoms with Crippen molar-refractivity contribution in [3.8, 4) is 5.69 Å². The molecule has 0 atom stereocenters. The summed E-state index contributed by atoms with van der Waals surface area (Å²) >= 11 is 7.18. The van der Waals surface area contributed by atoms with Crippen LogP contribution in [0.4, 0.5) is 0 Å². The number of hydrogen-bond donors (Lipinski definition) is 1. The standard InChI is InChI=1S/C14H16Br2N4/c1-9-4-12(15)14(13(16)5-9)20-8-11(18-19-20)7-17-6-10-2-3-10/h4-5,8,10,17H,2-3,6-7H2,1H3. The van der Waals surface area contributed by atoms with Crippen molar-refractivity contribution >= 4 is 31.9 Å². The number of benzene rings is 1. The highest BCUT2D eigenvalue weighted by Crippen LogP contribution is 2.30. The third kappa shape index (κ3) is 3.30. The summed E-state index contributed by atoms with van der Waals surface area (Å²) in [7, 11) is 0. The van der Waals surface area contributed by atoms with E-state index < -0.39 is 0 Å². The van der Waals surface area contributed by atoms with Gasteiger partial charge in [-0.3, -0.25) is 0 Å². The van der Waals surface area contributed by atoms with Crippen LogP contribution in [0, 0.1) is 12.8 Å². The van der Waals surface area contributed by atoms with Gasteiger partial charge in [0.15, 0.2) is 0 Å². The second-order valence-corrected chi connectivity index (χ2v) is 7.01. The Hall–Kier alpha value is -0.720. The number of hydrogen-bond acceptors (Lipinski definition) is 3. The van der Waals surface area contributed by atoms with Gasteiger partial charge in [-0.15, -0.1) is 5.10 Å². The van der Waals surface area contributed by atoms with Crippen LogP contribution in [0.1, 0.15) is 24.1 Å². The first-order valence-corrected chi connectivity index (χ1v) is 8.30. The van der Waals surface area contributed by atoms with E-state index in [0.29, 0.717) is 0 Å². The van der Waals surface area contributed by atoms with Crippen LogP contribution < -0.4 is 5.32 Å². The molecule has 4 nitrogen and oxygen atoms in total. The minimum atomic E-state index is 0.775. The molecule has 2 aromatic rings. The van der Waals surface area contributed by atoms with Gasteiger partial charge >= 0.3 is 0 Å². The highest BCUT2D eigenvalue weighted by atomic mass is 79.9. The maximum Gasteiger partial charge on any atom is 0.0969 e. The molecular formula is C14H16Br2N4. The van der Waals surface area contributed by atoms with Crippen LogP contribution in [0.2, 0.25) is 0 Å². The summed E-state index contributed by atoms with van der Waals surface area (Å²) in [4.78, 5) is 0. The van der Waals surface area contributed by atoms with E-state index in [2.05, 4.69) is 66.5 Å². The number of halogens is 2. The normalized spacial score (nSPS) is 14.8. The third-order valence-electron chi connectivity index (χ3n) is 3.37. The van der Waals surface area contributed by atoms with Crippen LogP contribution in [0.5, 0.6) is 0 Å². The fourth-order valence-corrected chi connectivity index (χ4v) is 3.90. The first-order valence-electron chi connectivity index (χ1n) is 6.71.